The van der Waals surface area contributed by atoms with Crippen LogP contribution in [0.2, 0.25) is 0 Å². The summed E-state index contributed by atoms with van der Waals surface area (Å²) in [7, 11) is 0. The van der Waals surface area contributed by atoms with E-state index in [0.717, 1.165) is 0 Å². The summed E-state index contributed by atoms with van der Waals surface area (Å²) in [5, 5.41) is 13.6. The fourth-order valence-electron chi connectivity index (χ4n) is 2.92. The summed E-state index contributed by atoms with van der Waals surface area (Å²) in [6, 6.07) is 8.02. The molecule has 9 nitrogen and oxygen atoms in total. The average molecular weight is 417 g/mol. The van der Waals surface area contributed by atoms with Crippen molar-refractivity contribution in [1.82, 2.24) is 15.5 Å². The molecule has 3 N–H and O–H groups in total. The van der Waals surface area contributed by atoms with E-state index < -0.39 is 42.1 Å². The lowest BCUT2D eigenvalue weighted by molar-refractivity contribution is -0.137. The van der Waals surface area contributed by atoms with Gasteiger partial charge in [0.15, 0.2) is 0 Å². The minimum atomic E-state index is -1.21. The number of carbonyl (C=O) groups is 4. The Hall–Kier alpha value is -3.36. The highest BCUT2D eigenvalue weighted by atomic mass is 16.6. The van der Waals surface area contributed by atoms with E-state index in [4.69, 9.17) is 9.84 Å². The van der Waals surface area contributed by atoms with E-state index in [1.165, 1.54) is 11.0 Å². The predicted molar refractivity (Wildman–Crippen MR) is 109 cm³/mol. The van der Waals surface area contributed by atoms with Gasteiger partial charge in [-0.3, -0.25) is 19.3 Å². The van der Waals surface area contributed by atoms with Crippen LogP contribution in [0.25, 0.3) is 6.08 Å². The monoisotopic (exact) mass is 417 g/mol. The molecular formula is C21H27N3O6. The third kappa shape index (κ3) is 6.91. The van der Waals surface area contributed by atoms with Crippen molar-refractivity contribution in [3.05, 3.63) is 41.6 Å². The molecule has 3 amide bonds. The van der Waals surface area contributed by atoms with E-state index in [2.05, 4.69) is 10.6 Å². The number of rotatable bonds is 6. The lowest BCUT2D eigenvalue weighted by Crippen LogP contribution is -2.48. The van der Waals surface area contributed by atoms with Crippen molar-refractivity contribution in [2.45, 2.75) is 45.3 Å². The molecule has 1 aliphatic heterocycles. The number of benzene rings is 1. The van der Waals surface area contributed by atoms with Crippen molar-refractivity contribution in [3.63, 3.8) is 0 Å². The van der Waals surface area contributed by atoms with Crippen LogP contribution < -0.4 is 10.6 Å². The van der Waals surface area contributed by atoms with Gasteiger partial charge in [0, 0.05) is 6.54 Å². The van der Waals surface area contributed by atoms with Crippen LogP contribution in [0.4, 0.5) is 4.79 Å². The number of hydrogen-bond donors (Lipinski definition) is 3. The minimum absolute atomic E-state index is 0.108. The van der Waals surface area contributed by atoms with Gasteiger partial charge in [0.25, 0.3) is 5.91 Å². The molecule has 0 bridgehead atoms. The van der Waals surface area contributed by atoms with Crippen molar-refractivity contribution in [2.24, 2.45) is 0 Å². The fourth-order valence-corrected chi connectivity index (χ4v) is 2.92. The normalized spacial score (nSPS) is 16.7. The van der Waals surface area contributed by atoms with Gasteiger partial charge < -0.3 is 20.5 Å². The Morgan fingerprint density at radius 2 is 1.87 bits per heavy atom. The lowest BCUT2D eigenvalue weighted by atomic mass is 10.1. The van der Waals surface area contributed by atoms with Gasteiger partial charge in [-0.15, -0.1) is 0 Å². The van der Waals surface area contributed by atoms with E-state index in [-0.39, 0.29) is 5.70 Å². The third-order valence-electron chi connectivity index (χ3n) is 4.20. The van der Waals surface area contributed by atoms with Gasteiger partial charge >= 0.3 is 12.1 Å². The zero-order valence-corrected chi connectivity index (χ0v) is 17.3. The first kappa shape index (κ1) is 22.9. The van der Waals surface area contributed by atoms with Gasteiger partial charge in [0.2, 0.25) is 5.91 Å². The molecule has 1 heterocycles. The molecule has 1 atom stereocenters. The second kappa shape index (κ2) is 9.91. The topological polar surface area (TPSA) is 125 Å². The maximum absolute atomic E-state index is 12.9. The van der Waals surface area contributed by atoms with E-state index in [9.17, 15) is 19.2 Å². The molecule has 0 unspecified atom stereocenters. The summed E-state index contributed by atoms with van der Waals surface area (Å²) in [4.78, 5) is 49.9. The first-order chi connectivity index (χ1) is 14.1. The summed E-state index contributed by atoms with van der Waals surface area (Å²) >= 11 is 0. The van der Waals surface area contributed by atoms with E-state index in [0.29, 0.717) is 24.9 Å². The smallest absolute Gasteiger partial charge is 0.410 e. The van der Waals surface area contributed by atoms with Gasteiger partial charge in [0.1, 0.15) is 23.9 Å². The minimum Gasteiger partial charge on any atom is -0.480 e. The molecule has 162 valence electrons. The lowest BCUT2D eigenvalue weighted by Gasteiger charge is -2.28. The van der Waals surface area contributed by atoms with Crippen molar-refractivity contribution in [3.8, 4) is 0 Å². The molecule has 0 radical (unpaired) electrons. The second-order valence-electron chi connectivity index (χ2n) is 7.87. The summed E-state index contributed by atoms with van der Waals surface area (Å²) in [6.07, 6.45) is 1.91. The number of carbonyl (C=O) groups excluding carboxylic acids is 3. The number of likely N-dealkylation sites (tertiary alicyclic amines) is 1. The molecule has 2 rings (SSSR count). The summed E-state index contributed by atoms with van der Waals surface area (Å²) < 4.78 is 5.36. The Kier molecular flexibility index (Phi) is 7.57. The molecule has 0 saturated carbocycles. The molecule has 30 heavy (non-hydrogen) atoms. The van der Waals surface area contributed by atoms with Gasteiger partial charge in [-0.1, -0.05) is 30.3 Å². The third-order valence-corrected chi connectivity index (χ3v) is 4.20. The fraction of sp³-hybridized carbons (Fsp3) is 0.429. The number of carboxylic acid groups (broad SMARTS) is 1. The Labute approximate surface area is 175 Å². The van der Waals surface area contributed by atoms with Crippen LogP contribution in [0.15, 0.2) is 36.0 Å². The first-order valence-electron chi connectivity index (χ1n) is 9.64. The highest BCUT2D eigenvalue weighted by molar-refractivity contribution is 6.03. The highest BCUT2D eigenvalue weighted by Gasteiger charge is 2.37. The molecule has 1 aromatic rings. The first-order valence-corrected chi connectivity index (χ1v) is 9.64. The van der Waals surface area contributed by atoms with Crippen molar-refractivity contribution < 1.29 is 29.0 Å². The van der Waals surface area contributed by atoms with Crippen molar-refractivity contribution in [1.29, 1.82) is 0 Å². The second-order valence-corrected chi connectivity index (χ2v) is 7.87. The molecule has 9 heteroatoms. The summed E-state index contributed by atoms with van der Waals surface area (Å²) in [6.45, 7) is 5.00. The van der Waals surface area contributed by atoms with Crippen LogP contribution >= 0.6 is 0 Å². The molecule has 0 spiro atoms. The molecular weight excluding hydrogens is 390 g/mol. The standard InChI is InChI=1S/C21H27N3O6/c1-21(2,3)30-20(29)24-11-7-10-16(24)19(28)23-15(18(27)22-13-17(25)26)12-14-8-5-4-6-9-14/h4-6,8-9,12,16H,7,10-11,13H2,1-3H3,(H,22,27)(H,23,28)(H,25,26)/b15-12-/t16-/m0/s1. The Morgan fingerprint density at radius 1 is 1.20 bits per heavy atom. The largest absolute Gasteiger partial charge is 0.480 e. The van der Waals surface area contributed by atoms with E-state index in [1.807, 2.05) is 0 Å². The molecule has 0 aromatic heterocycles. The Balaban J connectivity index is 2.18. The van der Waals surface area contributed by atoms with Crippen LogP contribution in [0.3, 0.4) is 0 Å². The predicted octanol–water partition coefficient (Wildman–Crippen LogP) is 1.74. The quantitative estimate of drug-likeness (QED) is 0.606. The van der Waals surface area contributed by atoms with Gasteiger partial charge in [-0.05, 0) is 45.3 Å². The van der Waals surface area contributed by atoms with Gasteiger partial charge in [0.05, 0.1) is 0 Å². The SMILES string of the molecule is CC(C)(C)OC(=O)N1CCC[C@H]1C(=O)N/C(=C\c1ccccc1)C(=O)NCC(=O)O. The zero-order valence-electron chi connectivity index (χ0n) is 17.3. The van der Waals surface area contributed by atoms with Gasteiger partial charge in [-0.25, -0.2) is 4.79 Å². The Morgan fingerprint density at radius 3 is 2.47 bits per heavy atom. The average Bonchev–Trinajstić information content (AvgIpc) is 3.15. The van der Waals surface area contributed by atoms with Crippen LogP contribution in [0.5, 0.6) is 0 Å². The number of carboxylic acids is 1. The number of nitrogens with one attached hydrogen (secondary N) is 2. The summed E-state index contributed by atoms with van der Waals surface area (Å²) in [5.41, 5.74) is -0.160. The number of amides is 3. The van der Waals surface area contributed by atoms with Crippen molar-refractivity contribution >= 4 is 30.0 Å². The number of hydrogen-bond acceptors (Lipinski definition) is 5. The van der Waals surface area contributed by atoms with Crippen LogP contribution in [0.1, 0.15) is 39.2 Å². The molecule has 1 aromatic carbocycles. The van der Waals surface area contributed by atoms with Crippen LogP contribution in [0, 0.1) is 0 Å². The van der Waals surface area contributed by atoms with E-state index in [1.54, 1.807) is 51.1 Å². The molecule has 1 aliphatic rings. The highest BCUT2D eigenvalue weighted by Crippen LogP contribution is 2.21. The van der Waals surface area contributed by atoms with Crippen LogP contribution in [-0.2, 0) is 19.1 Å². The number of ether oxygens (including phenoxy) is 1. The summed E-state index contributed by atoms with van der Waals surface area (Å²) in [5.74, 6) is -2.48. The Bertz CT molecular complexity index is 829. The molecule has 1 fully saturated rings. The van der Waals surface area contributed by atoms with Crippen molar-refractivity contribution in [2.75, 3.05) is 13.1 Å². The number of nitrogens with zero attached hydrogens (tertiary/aromatic N) is 1. The van der Waals surface area contributed by atoms with E-state index >= 15 is 0 Å². The maximum atomic E-state index is 12.9. The molecule has 1 saturated heterocycles. The van der Waals surface area contributed by atoms with Gasteiger partial charge in [-0.2, -0.15) is 0 Å². The zero-order chi connectivity index (χ0) is 22.3. The maximum Gasteiger partial charge on any atom is 0.410 e. The molecule has 0 aliphatic carbocycles. The number of aliphatic carboxylic acids is 1. The van der Waals surface area contributed by atoms with Crippen LogP contribution in [-0.4, -0.2) is 58.6 Å².